The molecule has 0 atom stereocenters. The number of hydrogen-bond acceptors (Lipinski definition) is 9. The summed E-state index contributed by atoms with van der Waals surface area (Å²) in [5, 5.41) is 12.4. The Morgan fingerprint density at radius 2 is 1.80 bits per heavy atom. The molecule has 12 nitrogen and oxygen atoms in total. The van der Waals surface area contributed by atoms with E-state index in [0.717, 1.165) is 39.7 Å². The van der Waals surface area contributed by atoms with E-state index >= 15 is 0 Å². The molecule has 0 spiro atoms. The number of carbonyl (C=O) groups excluding carboxylic acids is 2. The van der Waals surface area contributed by atoms with Crippen LogP contribution in [-0.4, -0.2) is 65.9 Å². The minimum absolute atomic E-state index is 0.0514. The second kappa shape index (κ2) is 12.1. The van der Waals surface area contributed by atoms with Gasteiger partial charge in [-0.25, -0.2) is 14.8 Å². The minimum atomic E-state index is -0.663. The minimum Gasteiger partial charge on any atom is -0.461 e. The van der Waals surface area contributed by atoms with Gasteiger partial charge in [-0.15, -0.1) is 0 Å². The molecule has 2 amide bonds. The van der Waals surface area contributed by atoms with Crippen LogP contribution in [0.3, 0.4) is 0 Å². The average molecular weight is 601 g/mol. The Labute approximate surface area is 257 Å². The summed E-state index contributed by atoms with van der Waals surface area (Å²) in [6.45, 7) is 16.1. The van der Waals surface area contributed by atoms with Crippen molar-refractivity contribution in [2.45, 2.75) is 86.1 Å². The van der Waals surface area contributed by atoms with Crippen LogP contribution in [0.5, 0.6) is 6.01 Å². The first-order valence-electron chi connectivity index (χ1n) is 14.8. The lowest BCUT2D eigenvalue weighted by molar-refractivity contribution is -0.133. The van der Waals surface area contributed by atoms with Crippen molar-refractivity contribution in [2.24, 2.45) is 0 Å². The number of pyridine rings is 1. The Hall–Kier alpha value is -4.74. The Balaban J connectivity index is 1.49. The number of aryl methyl sites for hydroxylation is 1. The lowest BCUT2D eigenvalue weighted by atomic mass is 10.0. The number of nitrogens with zero attached hydrogens (tertiary/aromatic N) is 6. The highest BCUT2D eigenvalue weighted by Gasteiger charge is 2.24. The first kappa shape index (κ1) is 30.7. The van der Waals surface area contributed by atoms with Crippen molar-refractivity contribution in [1.82, 2.24) is 29.6 Å². The van der Waals surface area contributed by atoms with Crippen LogP contribution >= 0.6 is 0 Å². The van der Waals surface area contributed by atoms with E-state index < -0.39 is 11.7 Å². The van der Waals surface area contributed by atoms with Crippen LogP contribution in [0.25, 0.3) is 21.9 Å². The van der Waals surface area contributed by atoms with Crippen LogP contribution in [0.15, 0.2) is 36.7 Å². The molecule has 0 fully saturated rings. The number of nitrogens with one attached hydrogen (secondary N) is 2. The van der Waals surface area contributed by atoms with Gasteiger partial charge in [-0.1, -0.05) is 0 Å². The monoisotopic (exact) mass is 600 g/mol. The zero-order valence-corrected chi connectivity index (χ0v) is 26.6. The fourth-order valence-electron chi connectivity index (χ4n) is 5.11. The molecule has 0 saturated carbocycles. The van der Waals surface area contributed by atoms with Crippen molar-refractivity contribution >= 4 is 40.1 Å². The predicted octanol–water partition coefficient (Wildman–Crippen LogP) is 5.87. The van der Waals surface area contributed by atoms with E-state index in [1.54, 1.807) is 17.1 Å². The van der Waals surface area contributed by atoms with Gasteiger partial charge in [0, 0.05) is 54.1 Å². The first-order valence-corrected chi connectivity index (χ1v) is 14.8. The molecular weight excluding hydrogens is 560 g/mol. The van der Waals surface area contributed by atoms with Crippen LogP contribution in [0.4, 0.5) is 22.1 Å². The highest BCUT2D eigenvalue weighted by Crippen LogP contribution is 2.34. The molecule has 1 aromatic carbocycles. The van der Waals surface area contributed by atoms with Gasteiger partial charge in [0.25, 0.3) is 0 Å². The fraction of sp³-hybridized carbons (Fsp3) is 0.438. The molecule has 4 aromatic rings. The van der Waals surface area contributed by atoms with Gasteiger partial charge in [-0.2, -0.15) is 10.1 Å². The van der Waals surface area contributed by atoms with Crippen molar-refractivity contribution < 1.29 is 19.1 Å². The molecule has 0 bridgehead atoms. The maximum atomic E-state index is 12.8. The third-order valence-electron chi connectivity index (χ3n) is 7.04. The van der Waals surface area contributed by atoms with E-state index in [1.165, 1.54) is 0 Å². The summed E-state index contributed by atoms with van der Waals surface area (Å²) in [7, 11) is 0. The predicted molar refractivity (Wildman–Crippen MR) is 169 cm³/mol. The number of anilines is 3. The normalized spacial score (nSPS) is 13.7. The molecule has 12 heteroatoms. The van der Waals surface area contributed by atoms with Crippen LogP contribution < -0.4 is 15.4 Å². The van der Waals surface area contributed by atoms with Gasteiger partial charge in [0.2, 0.25) is 5.91 Å². The van der Waals surface area contributed by atoms with Crippen LogP contribution in [0, 0.1) is 6.92 Å². The Bertz CT molecular complexity index is 1710. The summed E-state index contributed by atoms with van der Waals surface area (Å²) in [6, 6.07) is 8.16. The van der Waals surface area contributed by atoms with Gasteiger partial charge < -0.3 is 19.7 Å². The van der Waals surface area contributed by atoms with E-state index in [2.05, 4.69) is 30.7 Å². The number of fused-ring (bicyclic) bond motifs is 2. The molecule has 0 radical (unpaired) electrons. The topological polar surface area (TPSA) is 136 Å². The Morgan fingerprint density at radius 1 is 1.02 bits per heavy atom. The number of ether oxygens (including phenoxy) is 2. The highest BCUT2D eigenvalue weighted by atomic mass is 16.6. The molecule has 3 aromatic heterocycles. The van der Waals surface area contributed by atoms with Gasteiger partial charge in [0.15, 0.2) is 5.82 Å². The third kappa shape index (κ3) is 7.07. The van der Waals surface area contributed by atoms with Crippen LogP contribution in [-0.2, 0) is 22.5 Å². The van der Waals surface area contributed by atoms with Crippen LogP contribution in [0.1, 0.15) is 59.9 Å². The summed E-state index contributed by atoms with van der Waals surface area (Å²) >= 11 is 0. The van der Waals surface area contributed by atoms with Crippen molar-refractivity contribution in [2.75, 3.05) is 17.2 Å². The zero-order chi connectivity index (χ0) is 31.8. The van der Waals surface area contributed by atoms with E-state index in [0.29, 0.717) is 29.9 Å². The van der Waals surface area contributed by atoms with Gasteiger partial charge >= 0.3 is 12.1 Å². The van der Waals surface area contributed by atoms with Gasteiger partial charge in [0.05, 0.1) is 17.5 Å². The molecule has 5 rings (SSSR count). The molecule has 1 aliphatic heterocycles. The van der Waals surface area contributed by atoms with Gasteiger partial charge in [0.1, 0.15) is 18.0 Å². The quantitative estimate of drug-likeness (QED) is 0.267. The van der Waals surface area contributed by atoms with E-state index in [4.69, 9.17) is 9.47 Å². The van der Waals surface area contributed by atoms with Gasteiger partial charge in [-0.05, 0) is 84.5 Å². The molecule has 0 aliphatic carbocycles. The molecule has 0 saturated heterocycles. The van der Waals surface area contributed by atoms with Gasteiger partial charge in [-0.3, -0.25) is 14.8 Å². The van der Waals surface area contributed by atoms with Crippen molar-refractivity contribution in [1.29, 1.82) is 0 Å². The Morgan fingerprint density at radius 3 is 2.48 bits per heavy atom. The van der Waals surface area contributed by atoms with Crippen molar-refractivity contribution in [3.05, 3.63) is 48.0 Å². The standard InChI is InChI=1S/C32H40N8O4/c1-18(2)39-10-9-23-14-28(38-40(23)17-29(39)41)37-27-13-22-11-21(24-15-34-30(35-20(24)5)43-19(3)4)12-26(25(22)16-33-27)36-31(42)44-32(6,7)8/h11-16,18-19H,9-10,17H2,1-8H3,(H,36,42)(H,33,37,38). The van der Waals surface area contributed by atoms with E-state index in [-0.39, 0.29) is 24.6 Å². The van der Waals surface area contributed by atoms with Crippen LogP contribution in [0.2, 0.25) is 0 Å². The summed E-state index contributed by atoms with van der Waals surface area (Å²) in [4.78, 5) is 41.0. The summed E-state index contributed by atoms with van der Waals surface area (Å²) in [6.07, 6.45) is 3.51. The molecule has 2 N–H and O–H groups in total. The molecule has 1 aliphatic rings. The number of rotatable bonds is 7. The maximum absolute atomic E-state index is 12.8. The highest BCUT2D eigenvalue weighted by molar-refractivity contribution is 6.03. The third-order valence-corrected chi connectivity index (χ3v) is 7.04. The largest absolute Gasteiger partial charge is 0.461 e. The second-order valence-electron chi connectivity index (χ2n) is 12.5. The summed E-state index contributed by atoms with van der Waals surface area (Å²) < 4.78 is 13.0. The summed E-state index contributed by atoms with van der Waals surface area (Å²) in [5.74, 6) is 1.22. The lowest BCUT2D eigenvalue weighted by Gasteiger charge is -2.24. The van der Waals surface area contributed by atoms with Crippen molar-refractivity contribution in [3.8, 4) is 17.1 Å². The SMILES string of the molecule is Cc1nc(OC(C)C)ncc1-c1cc(NC(=O)OC(C)(C)C)c2cnc(Nc3cc4n(n3)CC(=O)N(C(C)C)CC4)cc2c1. The second-order valence-corrected chi connectivity index (χ2v) is 12.5. The molecular formula is C32H40N8O4. The molecule has 0 unspecified atom stereocenters. The number of aromatic nitrogens is 5. The number of benzene rings is 1. The molecule has 4 heterocycles. The lowest BCUT2D eigenvalue weighted by Crippen LogP contribution is -2.38. The first-order chi connectivity index (χ1) is 20.8. The van der Waals surface area contributed by atoms with E-state index in [9.17, 15) is 9.59 Å². The number of hydrogen-bond donors (Lipinski definition) is 2. The molecule has 232 valence electrons. The maximum Gasteiger partial charge on any atom is 0.412 e. The smallest absolute Gasteiger partial charge is 0.412 e. The summed E-state index contributed by atoms with van der Waals surface area (Å²) in [5.41, 5.74) is 3.18. The zero-order valence-electron chi connectivity index (χ0n) is 26.6. The van der Waals surface area contributed by atoms with E-state index in [1.807, 2.05) is 84.6 Å². The number of amides is 2. The molecule has 44 heavy (non-hydrogen) atoms. The fourth-order valence-corrected chi connectivity index (χ4v) is 5.11. The number of carbonyl (C=O) groups is 2. The Kier molecular flexibility index (Phi) is 8.44. The van der Waals surface area contributed by atoms with Crippen molar-refractivity contribution in [3.63, 3.8) is 0 Å². The average Bonchev–Trinajstić information content (AvgIpc) is 3.19.